The molecule has 0 atom stereocenters. The standard InChI is InChI=1S/C18H26N2O3S/c1-14-9-10-16(24(22,23)20-11-5-2-6-12-20)13-17(14)19-18(21)15-7-3-4-8-15/h9-10,13,15H,2-8,11-12H2,1H3,(H,19,21). The highest BCUT2D eigenvalue weighted by Gasteiger charge is 2.27. The fourth-order valence-electron chi connectivity index (χ4n) is 3.57. The molecule has 0 aromatic heterocycles. The van der Waals surface area contributed by atoms with Crippen LogP contribution in [0.15, 0.2) is 23.1 Å². The van der Waals surface area contributed by atoms with Crippen molar-refractivity contribution in [2.24, 2.45) is 5.92 Å². The maximum absolute atomic E-state index is 12.8. The van der Waals surface area contributed by atoms with E-state index in [0.29, 0.717) is 18.8 Å². The topological polar surface area (TPSA) is 66.5 Å². The van der Waals surface area contributed by atoms with Crippen molar-refractivity contribution in [3.63, 3.8) is 0 Å². The molecule has 2 fully saturated rings. The Morgan fingerprint density at radius 3 is 2.42 bits per heavy atom. The fraction of sp³-hybridized carbons (Fsp3) is 0.611. The molecule has 0 unspecified atom stereocenters. The largest absolute Gasteiger partial charge is 0.326 e. The summed E-state index contributed by atoms with van der Waals surface area (Å²) in [4.78, 5) is 12.6. The van der Waals surface area contributed by atoms with Gasteiger partial charge < -0.3 is 5.32 Å². The van der Waals surface area contributed by atoms with Crippen LogP contribution in [0, 0.1) is 12.8 Å². The normalized spacial score (nSPS) is 20.2. The lowest BCUT2D eigenvalue weighted by Gasteiger charge is -2.26. The first-order valence-electron chi connectivity index (χ1n) is 8.90. The Morgan fingerprint density at radius 2 is 1.75 bits per heavy atom. The van der Waals surface area contributed by atoms with Crippen LogP contribution >= 0.6 is 0 Å². The predicted octanol–water partition coefficient (Wildman–Crippen LogP) is 3.30. The molecule has 1 aromatic rings. The van der Waals surface area contributed by atoms with E-state index in [1.165, 1.54) is 0 Å². The van der Waals surface area contributed by atoms with E-state index in [0.717, 1.165) is 50.5 Å². The second kappa shape index (κ2) is 7.23. The van der Waals surface area contributed by atoms with Gasteiger partial charge in [-0.25, -0.2) is 8.42 Å². The Balaban J connectivity index is 1.81. The molecule has 0 spiro atoms. The minimum Gasteiger partial charge on any atom is -0.326 e. The van der Waals surface area contributed by atoms with Gasteiger partial charge in [-0.1, -0.05) is 25.3 Å². The van der Waals surface area contributed by atoms with Gasteiger partial charge in [0.2, 0.25) is 15.9 Å². The second-order valence-corrected chi connectivity index (χ2v) is 8.85. The van der Waals surface area contributed by atoms with E-state index in [2.05, 4.69) is 5.32 Å². The number of nitrogens with zero attached hydrogens (tertiary/aromatic N) is 1. The molecule has 2 aliphatic rings. The number of amides is 1. The number of carbonyl (C=O) groups is 1. The number of anilines is 1. The number of nitrogens with one attached hydrogen (secondary N) is 1. The van der Waals surface area contributed by atoms with E-state index < -0.39 is 10.0 Å². The molecule has 1 N–H and O–H groups in total. The molecule has 24 heavy (non-hydrogen) atoms. The monoisotopic (exact) mass is 350 g/mol. The van der Waals surface area contributed by atoms with Gasteiger partial charge in [0.25, 0.3) is 0 Å². The highest BCUT2D eigenvalue weighted by molar-refractivity contribution is 7.89. The number of piperidine rings is 1. The van der Waals surface area contributed by atoms with E-state index >= 15 is 0 Å². The van der Waals surface area contributed by atoms with Crippen molar-refractivity contribution in [2.75, 3.05) is 18.4 Å². The lowest BCUT2D eigenvalue weighted by Crippen LogP contribution is -2.35. The SMILES string of the molecule is Cc1ccc(S(=O)(=O)N2CCCCC2)cc1NC(=O)C1CCCC1. The van der Waals surface area contributed by atoms with E-state index in [9.17, 15) is 13.2 Å². The molecule has 1 saturated heterocycles. The van der Waals surface area contributed by atoms with Crippen LogP contribution < -0.4 is 5.32 Å². The minimum absolute atomic E-state index is 0.0168. The predicted molar refractivity (Wildman–Crippen MR) is 94.4 cm³/mol. The van der Waals surface area contributed by atoms with Crippen molar-refractivity contribution in [2.45, 2.75) is 56.8 Å². The molecule has 0 bridgehead atoms. The molecule has 1 aliphatic carbocycles. The minimum atomic E-state index is -3.47. The fourth-order valence-corrected chi connectivity index (χ4v) is 5.12. The lowest BCUT2D eigenvalue weighted by molar-refractivity contribution is -0.119. The number of sulfonamides is 1. The Hall–Kier alpha value is -1.40. The molecule has 5 nitrogen and oxygen atoms in total. The summed E-state index contributed by atoms with van der Waals surface area (Å²) >= 11 is 0. The average molecular weight is 350 g/mol. The molecule has 1 aromatic carbocycles. The Bertz CT molecular complexity index is 703. The van der Waals surface area contributed by atoms with Gasteiger partial charge in [0.05, 0.1) is 4.90 Å². The summed E-state index contributed by atoms with van der Waals surface area (Å²) in [7, 11) is -3.47. The van der Waals surface area contributed by atoms with Gasteiger partial charge in [-0.05, 0) is 50.3 Å². The lowest BCUT2D eigenvalue weighted by atomic mass is 10.1. The van der Waals surface area contributed by atoms with Gasteiger partial charge in [-0.3, -0.25) is 4.79 Å². The maximum Gasteiger partial charge on any atom is 0.243 e. The quantitative estimate of drug-likeness (QED) is 0.906. The molecule has 0 radical (unpaired) electrons. The van der Waals surface area contributed by atoms with Crippen molar-refractivity contribution < 1.29 is 13.2 Å². The third kappa shape index (κ3) is 3.64. The summed E-state index contributed by atoms with van der Waals surface area (Å²) < 4.78 is 27.2. The van der Waals surface area contributed by atoms with Crippen molar-refractivity contribution >= 4 is 21.6 Å². The smallest absolute Gasteiger partial charge is 0.243 e. The van der Waals surface area contributed by atoms with E-state index in [1.54, 1.807) is 22.5 Å². The first-order chi connectivity index (χ1) is 11.5. The van der Waals surface area contributed by atoms with Gasteiger partial charge in [0.1, 0.15) is 0 Å². The van der Waals surface area contributed by atoms with Crippen LogP contribution in [0.3, 0.4) is 0 Å². The van der Waals surface area contributed by atoms with E-state index in [1.807, 2.05) is 6.92 Å². The molecule has 1 aliphatic heterocycles. The summed E-state index contributed by atoms with van der Waals surface area (Å²) in [6.45, 7) is 3.06. The van der Waals surface area contributed by atoms with Crippen LogP contribution in [0.4, 0.5) is 5.69 Å². The van der Waals surface area contributed by atoms with Crippen molar-refractivity contribution in [1.82, 2.24) is 4.31 Å². The molecule has 1 heterocycles. The summed E-state index contributed by atoms with van der Waals surface area (Å²) in [5, 5.41) is 2.95. The number of carbonyl (C=O) groups excluding carboxylic acids is 1. The van der Waals surface area contributed by atoms with Gasteiger partial charge >= 0.3 is 0 Å². The zero-order valence-corrected chi connectivity index (χ0v) is 15.1. The number of aryl methyl sites for hydroxylation is 1. The summed E-state index contributed by atoms with van der Waals surface area (Å²) in [5.41, 5.74) is 1.50. The van der Waals surface area contributed by atoms with Crippen molar-refractivity contribution in [1.29, 1.82) is 0 Å². The third-order valence-corrected chi connectivity index (χ3v) is 7.04. The van der Waals surface area contributed by atoms with Crippen LogP contribution in [0.25, 0.3) is 0 Å². The molecule has 132 valence electrons. The molecule has 1 amide bonds. The van der Waals surface area contributed by atoms with Crippen molar-refractivity contribution in [3.8, 4) is 0 Å². The van der Waals surface area contributed by atoms with Crippen LogP contribution in [0.1, 0.15) is 50.5 Å². The third-order valence-electron chi connectivity index (χ3n) is 5.15. The summed E-state index contributed by atoms with van der Waals surface area (Å²) in [6, 6.07) is 5.04. The van der Waals surface area contributed by atoms with Crippen LogP contribution in [-0.2, 0) is 14.8 Å². The van der Waals surface area contributed by atoms with Crippen LogP contribution in [-0.4, -0.2) is 31.7 Å². The highest BCUT2D eigenvalue weighted by atomic mass is 32.2. The van der Waals surface area contributed by atoms with Crippen LogP contribution in [0.5, 0.6) is 0 Å². The number of hydrogen-bond donors (Lipinski definition) is 1. The van der Waals surface area contributed by atoms with Gasteiger partial charge in [0.15, 0.2) is 0 Å². The first kappa shape index (κ1) is 17.4. The number of benzene rings is 1. The molecule has 1 saturated carbocycles. The zero-order chi connectivity index (χ0) is 17.2. The molecular formula is C18H26N2O3S. The maximum atomic E-state index is 12.8. The van der Waals surface area contributed by atoms with Crippen molar-refractivity contribution in [3.05, 3.63) is 23.8 Å². The molecule has 3 rings (SSSR count). The van der Waals surface area contributed by atoms with Gasteiger partial charge in [0, 0.05) is 24.7 Å². The van der Waals surface area contributed by atoms with Gasteiger partial charge in [-0.2, -0.15) is 4.31 Å². The molecular weight excluding hydrogens is 324 g/mol. The van der Waals surface area contributed by atoms with E-state index in [4.69, 9.17) is 0 Å². The number of rotatable bonds is 4. The Morgan fingerprint density at radius 1 is 1.08 bits per heavy atom. The van der Waals surface area contributed by atoms with Crippen LogP contribution in [0.2, 0.25) is 0 Å². The Kier molecular flexibility index (Phi) is 5.25. The Labute approximate surface area is 144 Å². The molecule has 6 heteroatoms. The zero-order valence-electron chi connectivity index (χ0n) is 14.3. The summed E-state index contributed by atoms with van der Waals surface area (Å²) in [6.07, 6.45) is 6.96. The average Bonchev–Trinajstić information content (AvgIpc) is 3.12. The highest BCUT2D eigenvalue weighted by Crippen LogP contribution is 2.28. The second-order valence-electron chi connectivity index (χ2n) is 6.91. The van der Waals surface area contributed by atoms with E-state index in [-0.39, 0.29) is 16.7 Å². The number of hydrogen-bond acceptors (Lipinski definition) is 3. The van der Waals surface area contributed by atoms with Gasteiger partial charge in [-0.15, -0.1) is 0 Å². The first-order valence-corrected chi connectivity index (χ1v) is 10.3. The summed E-state index contributed by atoms with van der Waals surface area (Å²) in [5.74, 6) is 0.0786.